The minimum atomic E-state index is -1.56. The molecule has 0 radical (unpaired) electrons. The molecule has 1 aliphatic rings. The van der Waals surface area contributed by atoms with Crippen LogP contribution in [0.1, 0.15) is 232 Å². The Morgan fingerprint density at radius 2 is 0.965 bits per heavy atom. The molecule has 0 saturated carbocycles. The second kappa shape index (κ2) is 39.1. The highest BCUT2D eigenvalue weighted by molar-refractivity contribution is 5.76. The van der Waals surface area contributed by atoms with Crippen LogP contribution in [-0.4, -0.2) is 87.5 Å². The van der Waals surface area contributed by atoms with Crippen molar-refractivity contribution in [1.29, 1.82) is 0 Å². The highest BCUT2D eigenvalue weighted by Gasteiger charge is 2.44. The molecule has 0 aromatic heterocycles. The SMILES string of the molecule is CCCCCCCCCCCCC/C=C\[C@@H](O)[C@H](CO[C@@H]1O[C@H](CO)[C@H](O)[C@H](O)[C@H]1O)NC(=O)CCCCCCCCCCCCCCCCCCCCCCC. The predicted molar refractivity (Wildman–Crippen MR) is 235 cm³/mol. The van der Waals surface area contributed by atoms with E-state index >= 15 is 0 Å². The number of carbonyl (C=O) groups excluding carboxylic acids is 1. The summed E-state index contributed by atoms with van der Waals surface area (Å²) in [6.07, 6.45) is 38.3. The van der Waals surface area contributed by atoms with Crippen LogP contribution in [0.3, 0.4) is 0 Å². The molecule has 1 fully saturated rings. The number of carbonyl (C=O) groups is 1. The number of unbranched alkanes of at least 4 members (excludes halogenated alkanes) is 31. The van der Waals surface area contributed by atoms with Crippen molar-refractivity contribution in [2.75, 3.05) is 13.2 Å². The van der Waals surface area contributed by atoms with E-state index in [-0.39, 0.29) is 12.5 Å². The van der Waals surface area contributed by atoms with E-state index in [9.17, 15) is 30.3 Å². The van der Waals surface area contributed by atoms with E-state index in [1.54, 1.807) is 6.08 Å². The summed E-state index contributed by atoms with van der Waals surface area (Å²) in [7, 11) is 0. The number of hydrogen-bond acceptors (Lipinski definition) is 8. The third kappa shape index (κ3) is 29.7. The number of rotatable bonds is 41. The molecular weight excluding hydrogens is 719 g/mol. The number of hydrogen-bond donors (Lipinski definition) is 6. The van der Waals surface area contributed by atoms with Crippen molar-refractivity contribution in [3.63, 3.8) is 0 Å². The van der Waals surface area contributed by atoms with Gasteiger partial charge in [0.05, 0.1) is 25.4 Å². The average Bonchev–Trinajstić information content (AvgIpc) is 3.21. The summed E-state index contributed by atoms with van der Waals surface area (Å²) in [6, 6.07) is -0.798. The first kappa shape index (κ1) is 53.9. The fraction of sp³-hybridized carbons (Fsp3) is 0.938. The molecule has 9 nitrogen and oxygen atoms in total. The molecule has 1 heterocycles. The van der Waals surface area contributed by atoms with Gasteiger partial charge in [-0.25, -0.2) is 0 Å². The van der Waals surface area contributed by atoms with Crippen molar-refractivity contribution in [2.45, 2.75) is 275 Å². The fourth-order valence-corrected chi connectivity index (χ4v) is 7.92. The van der Waals surface area contributed by atoms with Crippen LogP contribution in [0.4, 0.5) is 0 Å². The molecule has 0 spiro atoms. The van der Waals surface area contributed by atoms with Gasteiger partial charge in [0.25, 0.3) is 0 Å². The first-order valence-electron chi connectivity index (χ1n) is 24.4. The summed E-state index contributed by atoms with van der Waals surface area (Å²) in [5.41, 5.74) is 0. The Kier molecular flexibility index (Phi) is 37.0. The Bertz CT molecular complexity index is 904. The molecule has 0 bridgehead atoms. The molecule has 1 amide bonds. The first-order chi connectivity index (χ1) is 27.8. The van der Waals surface area contributed by atoms with Crippen LogP contribution in [0.25, 0.3) is 0 Å². The van der Waals surface area contributed by atoms with Crippen LogP contribution in [0, 0.1) is 0 Å². The lowest BCUT2D eigenvalue weighted by Crippen LogP contribution is -2.60. The van der Waals surface area contributed by atoms with E-state index in [0.29, 0.717) is 6.42 Å². The molecule has 0 unspecified atom stereocenters. The van der Waals surface area contributed by atoms with E-state index in [4.69, 9.17) is 9.47 Å². The normalized spacial score (nSPS) is 21.0. The molecule has 1 rings (SSSR count). The van der Waals surface area contributed by atoms with Crippen molar-refractivity contribution in [3.05, 3.63) is 12.2 Å². The highest BCUT2D eigenvalue weighted by atomic mass is 16.7. The first-order valence-corrected chi connectivity index (χ1v) is 24.4. The van der Waals surface area contributed by atoms with Crippen LogP contribution in [0.2, 0.25) is 0 Å². The van der Waals surface area contributed by atoms with Gasteiger partial charge >= 0.3 is 0 Å². The molecule has 7 atom stereocenters. The topological polar surface area (TPSA) is 149 Å². The number of allylic oxidation sites excluding steroid dienone is 1. The molecule has 338 valence electrons. The zero-order valence-electron chi connectivity index (χ0n) is 37.1. The van der Waals surface area contributed by atoms with Gasteiger partial charge in [0.15, 0.2) is 6.29 Å². The van der Waals surface area contributed by atoms with Gasteiger partial charge in [0, 0.05) is 6.42 Å². The van der Waals surface area contributed by atoms with Crippen molar-refractivity contribution in [1.82, 2.24) is 5.32 Å². The summed E-state index contributed by atoms with van der Waals surface area (Å²) in [5, 5.41) is 54.2. The molecule has 0 aromatic carbocycles. The van der Waals surface area contributed by atoms with Gasteiger partial charge in [-0.05, 0) is 19.3 Å². The molecule has 0 aliphatic carbocycles. The molecular formula is C48H93NO8. The number of aliphatic hydroxyl groups is 5. The minimum absolute atomic E-state index is 0.173. The van der Waals surface area contributed by atoms with Crippen LogP contribution in [0.15, 0.2) is 12.2 Å². The third-order valence-corrected chi connectivity index (χ3v) is 11.9. The molecule has 6 N–H and O–H groups in total. The molecule has 1 saturated heterocycles. The van der Waals surface area contributed by atoms with E-state index in [0.717, 1.165) is 38.5 Å². The van der Waals surface area contributed by atoms with Crippen molar-refractivity contribution in [2.24, 2.45) is 0 Å². The molecule has 0 aromatic rings. The third-order valence-electron chi connectivity index (χ3n) is 11.9. The number of nitrogens with one attached hydrogen (secondary N) is 1. The predicted octanol–water partition coefficient (Wildman–Crippen LogP) is 10.5. The van der Waals surface area contributed by atoms with E-state index in [2.05, 4.69) is 19.2 Å². The Hall–Kier alpha value is -1.07. The van der Waals surface area contributed by atoms with Crippen LogP contribution in [0.5, 0.6) is 0 Å². The lowest BCUT2D eigenvalue weighted by Gasteiger charge is -2.40. The number of aliphatic hydroxyl groups excluding tert-OH is 5. The lowest BCUT2D eigenvalue weighted by molar-refractivity contribution is -0.302. The summed E-state index contributed by atoms with van der Waals surface area (Å²) < 4.78 is 11.2. The van der Waals surface area contributed by atoms with Crippen LogP contribution >= 0.6 is 0 Å². The Labute approximate surface area is 350 Å². The lowest BCUT2D eigenvalue weighted by atomic mass is 9.99. The molecule has 1 aliphatic heterocycles. The maximum atomic E-state index is 13.0. The fourth-order valence-electron chi connectivity index (χ4n) is 7.92. The van der Waals surface area contributed by atoms with Gasteiger partial charge in [-0.1, -0.05) is 219 Å². The van der Waals surface area contributed by atoms with Gasteiger partial charge in [-0.15, -0.1) is 0 Å². The number of amides is 1. The Morgan fingerprint density at radius 1 is 0.579 bits per heavy atom. The standard InChI is InChI=1S/C48H93NO8/c1-3-5-7-9-11-13-15-17-18-19-20-21-22-23-24-26-28-30-32-34-36-38-44(52)49-41(40-56-48-47(55)46(54)45(53)43(39-50)57-48)42(51)37-35-33-31-29-27-25-16-14-12-10-8-6-4-2/h35,37,41-43,45-48,50-51,53-55H,3-34,36,38-40H2,1-2H3,(H,49,52)/b37-35-/t41-,42+,43+,45-,46-,47+,48+/m0/s1. The van der Waals surface area contributed by atoms with Gasteiger partial charge in [0.1, 0.15) is 24.4 Å². The quantitative estimate of drug-likeness (QED) is 0.0264. The summed E-state index contributed by atoms with van der Waals surface area (Å²) in [4.78, 5) is 13.0. The molecule has 9 heteroatoms. The van der Waals surface area contributed by atoms with Gasteiger partial charge in [-0.2, -0.15) is 0 Å². The van der Waals surface area contributed by atoms with Crippen LogP contribution < -0.4 is 5.32 Å². The Balaban J connectivity index is 2.27. The Morgan fingerprint density at radius 3 is 1.37 bits per heavy atom. The van der Waals surface area contributed by atoms with Gasteiger partial charge in [0.2, 0.25) is 5.91 Å². The van der Waals surface area contributed by atoms with Crippen molar-refractivity contribution in [3.8, 4) is 0 Å². The van der Waals surface area contributed by atoms with E-state index in [1.165, 1.54) is 173 Å². The summed E-state index contributed by atoms with van der Waals surface area (Å²) in [6.45, 7) is 3.79. The highest BCUT2D eigenvalue weighted by Crippen LogP contribution is 2.23. The average molecular weight is 812 g/mol. The zero-order chi connectivity index (χ0) is 41.6. The maximum Gasteiger partial charge on any atom is 0.220 e. The van der Waals surface area contributed by atoms with Gasteiger partial charge < -0.3 is 40.3 Å². The second-order valence-corrected chi connectivity index (χ2v) is 17.3. The van der Waals surface area contributed by atoms with E-state index in [1.807, 2.05) is 6.08 Å². The summed E-state index contributed by atoms with van der Waals surface area (Å²) in [5.74, 6) is -0.173. The van der Waals surface area contributed by atoms with E-state index < -0.39 is 49.5 Å². The van der Waals surface area contributed by atoms with Crippen LogP contribution in [-0.2, 0) is 14.3 Å². The van der Waals surface area contributed by atoms with Crippen molar-refractivity contribution >= 4 is 5.91 Å². The zero-order valence-corrected chi connectivity index (χ0v) is 37.1. The summed E-state index contributed by atoms with van der Waals surface area (Å²) >= 11 is 0. The smallest absolute Gasteiger partial charge is 0.220 e. The molecule has 57 heavy (non-hydrogen) atoms. The maximum absolute atomic E-state index is 13.0. The number of ether oxygens (including phenoxy) is 2. The minimum Gasteiger partial charge on any atom is -0.394 e. The van der Waals surface area contributed by atoms with Crippen molar-refractivity contribution < 1.29 is 39.8 Å². The monoisotopic (exact) mass is 812 g/mol. The second-order valence-electron chi connectivity index (χ2n) is 17.3. The van der Waals surface area contributed by atoms with Gasteiger partial charge in [-0.3, -0.25) is 4.79 Å². The largest absolute Gasteiger partial charge is 0.394 e.